The van der Waals surface area contributed by atoms with E-state index < -0.39 is 6.23 Å². The number of carbonyl (C=O) groups excluding carboxylic acids is 1. The summed E-state index contributed by atoms with van der Waals surface area (Å²) in [5, 5.41) is 9.13. The maximum absolute atomic E-state index is 13.2. The molecule has 170 valence electrons. The molecule has 1 unspecified atom stereocenters. The lowest BCUT2D eigenvalue weighted by Gasteiger charge is -2.31. The predicted molar refractivity (Wildman–Crippen MR) is 136 cm³/mol. The summed E-state index contributed by atoms with van der Waals surface area (Å²) in [5.41, 5.74) is 2.62. The Morgan fingerprint density at radius 3 is 2.67 bits per heavy atom. The van der Waals surface area contributed by atoms with Crippen molar-refractivity contribution in [3.63, 3.8) is 0 Å². The summed E-state index contributed by atoms with van der Waals surface area (Å²) in [7, 11) is 1.59. The molecule has 1 atom stereocenters. The summed E-state index contributed by atoms with van der Waals surface area (Å²) in [4.78, 5) is 19.5. The van der Waals surface area contributed by atoms with Gasteiger partial charge in [0.1, 0.15) is 5.75 Å². The minimum absolute atomic E-state index is 0.0995. The average molecular weight is 592 g/mol. The molecular formula is C23H20Br2N4O3S. The second kappa shape index (κ2) is 10.2. The normalized spacial score (nSPS) is 14.5. The van der Waals surface area contributed by atoms with Crippen molar-refractivity contribution in [2.75, 3.05) is 17.8 Å². The molecule has 0 spiro atoms. The van der Waals surface area contributed by atoms with Crippen LogP contribution in [0.2, 0.25) is 0 Å². The number of anilines is 1. The first-order valence-corrected chi connectivity index (χ1v) is 12.6. The quantitative estimate of drug-likeness (QED) is 0.250. The fraction of sp³-hybridized carbons (Fsp3) is 0.217. The van der Waals surface area contributed by atoms with Gasteiger partial charge in [0.2, 0.25) is 23.2 Å². The lowest BCUT2D eigenvalue weighted by atomic mass is 10.1. The summed E-state index contributed by atoms with van der Waals surface area (Å²) in [6.45, 7) is 5.56. The Labute approximate surface area is 212 Å². The number of rotatable bonds is 6. The van der Waals surface area contributed by atoms with Gasteiger partial charge in [-0.25, -0.2) is 0 Å². The Morgan fingerprint density at radius 2 is 2.00 bits per heavy atom. The summed E-state index contributed by atoms with van der Waals surface area (Å²) in [6.07, 6.45) is 1.28. The maximum Gasteiger partial charge on any atom is 0.247 e. The molecule has 33 heavy (non-hydrogen) atoms. The number of ether oxygens (including phenoxy) is 2. The molecule has 0 radical (unpaired) electrons. The van der Waals surface area contributed by atoms with Crippen LogP contribution in [0.3, 0.4) is 0 Å². The first-order valence-electron chi connectivity index (χ1n) is 10.1. The molecule has 4 rings (SSSR count). The molecule has 0 fully saturated rings. The standard InChI is InChI=1S/C23H20Br2N4O3S/c1-4-10-33-23-26-21-19(27-28-23)14-8-6-7-9-17(14)29(18(30)5-2)22(32-21)13-11-15(24)20(31-3)16(25)12-13/h4,6-9,11-12,22H,1,5,10H2,2-3H3. The van der Waals surface area contributed by atoms with Crippen LogP contribution in [0.25, 0.3) is 11.3 Å². The fourth-order valence-corrected chi connectivity index (χ4v) is 5.54. The van der Waals surface area contributed by atoms with Crippen LogP contribution in [0.15, 0.2) is 63.2 Å². The third kappa shape index (κ3) is 4.64. The summed E-state index contributed by atoms with van der Waals surface area (Å²) >= 11 is 8.52. The van der Waals surface area contributed by atoms with Gasteiger partial charge in [-0.1, -0.05) is 43.0 Å². The number of hydrogen-bond acceptors (Lipinski definition) is 7. The molecule has 0 aliphatic carbocycles. The van der Waals surface area contributed by atoms with E-state index in [1.165, 1.54) is 11.8 Å². The van der Waals surface area contributed by atoms with Crippen LogP contribution in [0.5, 0.6) is 11.6 Å². The third-order valence-corrected chi connectivity index (χ3v) is 6.93. The number of para-hydroxylation sites is 1. The van der Waals surface area contributed by atoms with Crippen LogP contribution in [0.4, 0.5) is 5.69 Å². The Hall–Kier alpha value is -2.43. The number of nitrogens with zero attached hydrogens (tertiary/aromatic N) is 4. The van der Waals surface area contributed by atoms with E-state index in [-0.39, 0.29) is 5.91 Å². The van der Waals surface area contributed by atoms with Gasteiger partial charge in [-0.15, -0.1) is 16.8 Å². The third-order valence-electron chi connectivity index (χ3n) is 4.92. The topological polar surface area (TPSA) is 77.4 Å². The largest absolute Gasteiger partial charge is 0.494 e. The van der Waals surface area contributed by atoms with E-state index in [9.17, 15) is 4.79 Å². The molecule has 1 aliphatic heterocycles. The van der Waals surface area contributed by atoms with E-state index >= 15 is 0 Å². The van der Waals surface area contributed by atoms with Crippen molar-refractivity contribution < 1.29 is 14.3 Å². The number of amides is 1. The SMILES string of the molecule is C=CCSc1nnc2c(n1)OC(c1cc(Br)c(OC)c(Br)c1)N(C(=O)CC)c1ccccc1-2. The number of halogens is 2. The summed E-state index contributed by atoms with van der Waals surface area (Å²) < 4.78 is 13.3. The van der Waals surface area contributed by atoms with E-state index in [1.807, 2.05) is 43.3 Å². The zero-order valence-corrected chi connectivity index (χ0v) is 21.9. The van der Waals surface area contributed by atoms with Crippen molar-refractivity contribution in [1.29, 1.82) is 0 Å². The molecule has 0 bridgehead atoms. The van der Waals surface area contributed by atoms with Gasteiger partial charge in [0.15, 0.2) is 5.69 Å². The van der Waals surface area contributed by atoms with Gasteiger partial charge in [0, 0.05) is 23.3 Å². The van der Waals surface area contributed by atoms with E-state index in [2.05, 4.69) is 53.6 Å². The Balaban J connectivity index is 1.94. The average Bonchev–Trinajstić information content (AvgIpc) is 2.96. The van der Waals surface area contributed by atoms with Gasteiger partial charge in [0.05, 0.1) is 21.7 Å². The zero-order valence-electron chi connectivity index (χ0n) is 17.9. The number of fused-ring (bicyclic) bond motifs is 3. The van der Waals surface area contributed by atoms with Gasteiger partial charge in [-0.05, 0) is 50.1 Å². The van der Waals surface area contributed by atoms with Gasteiger partial charge < -0.3 is 9.47 Å². The molecular weight excluding hydrogens is 572 g/mol. The van der Waals surface area contributed by atoms with Gasteiger partial charge in [-0.2, -0.15) is 4.98 Å². The minimum Gasteiger partial charge on any atom is -0.494 e. The van der Waals surface area contributed by atoms with Crippen LogP contribution >= 0.6 is 43.6 Å². The number of thioether (sulfide) groups is 1. The summed E-state index contributed by atoms with van der Waals surface area (Å²) in [6, 6.07) is 11.3. The zero-order chi connectivity index (χ0) is 23.5. The molecule has 10 heteroatoms. The van der Waals surface area contributed by atoms with Gasteiger partial charge in [0.25, 0.3) is 0 Å². The molecule has 1 aliphatic rings. The maximum atomic E-state index is 13.2. The van der Waals surface area contributed by atoms with Crippen molar-refractivity contribution in [2.24, 2.45) is 0 Å². The number of hydrogen-bond donors (Lipinski definition) is 0. The van der Waals surface area contributed by atoms with E-state index in [1.54, 1.807) is 18.1 Å². The molecule has 0 saturated heterocycles. The predicted octanol–water partition coefficient (Wildman–Crippen LogP) is 6.18. The molecule has 0 saturated carbocycles. The van der Waals surface area contributed by atoms with E-state index in [4.69, 9.17) is 9.47 Å². The number of carbonyl (C=O) groups is 1. The fourth-order valence-electron chi connectivity index (χ4n) is 3.48. The number of aromatic nitrogens is 3. The second-order valence-corrected chi connectivity index (χ2v) is 9.67. The van der Waals surface area contributed by atoms with Crippen molar-refractivity contribution in [1.82, 2.24) is 15.2 Å². The van der Waals surface area contributed by atoms with Crippen LogP contribution in [-0.2, 0) is 4.79 Å². The molecule has 3 aromatic rings. The van der Waals surface area contributed by atoms with Crippen molar-refractivity contribution in [3.8, 4) is 22.9 Å². The first kappa shape index (κ1) is 23.7. The van der Waals surface area contributed by atoms with Crippen LogP contribution < -0.4 is 14.4 Å². The second-order valence-electron chi connectivity index (χ2n) is 6.97. The van der Waals surface area contributed by atoms with Gasteiger partial charge >= 0.3 is 0 Å². The highest BCUT2D eigenvalue weighted by Crippen LogP contribution is 2.45. The lowest BCUT2D eigenvalue weighted by Crippen LogP contribution is -2.37. The number of benzene rings is 2. The molecule has 1 aromatic heterocycles. The van der Waals surface area contributed by atoms with Crippen molar-refractivity contribution in [2.45, 2.75) is 24.7 Å². The smallest absolute Gasteiger partial charge is 0.247 e. The summed E-state index contributed by atoms with van der Waals surface area (Å²) in [5.74, 6) is 1.49. The number of methoxy groups -OCH3 is 1. The van der Waals surface area contributed by atoms with E-state index in [0.29, 0.717) is 40.3 Å². The van der Waals surface area contributed by atoms with Crippen LogP contribution in [0, 0.1) is 0 Å². The Kier molecular flexibility index (Phi) is 7.35. The molecule has 1 amide bonds. The molecule has 7 nitrogen and oxygen atoms in total. The minimum atomic E-state index is -0.785. The molecule has 2 heterocycles. The van der Waals surface area contributed by atoms with Gasteiger partial charge in [-0.3, -0.25) is 9.69 Å². The van der Waals surface area contributed by atoms with Crippen LogP contribution in [0.1, 0.15) is 25.1 Å². The van der Waals surface area contributed by atoms with Crippen LogP contribution in [-0.4, -0.2) is 34.0 Å². The lowest BCUT2D eigenvalue weighted by molar-refractivity contribution is -0.120. The molecule has 2 aromatic carbocycles. The van der Waals surface area contributed by atoms with E-state index in [0.717, 1.165) is 20.1 Å². The molecule has 0 N–H and O–H groups in total. The Morgan fingerprint density at radius 1 is 1.27 bits per heavy atom. The highest BCUT2D eigenvalue weighted by atomic mass is 79.9. The highest BCUT2D eigenvalue weighted by Gasteiger charge is 2.36. The van der Waals surface area contributed by atoms with Crippen molar-refractivity contribution in [3.05, 3.63) is 63.6 Å². The first-order chi connectivity index (χ1) is 16.0. The monoisotopic (exact) mass is 590 g/mol. The Bertz CT molecular complexity index is 1200. The highest BCUT2D eigenvalue weighted by molar-refractivity contribution is 9.11. The van der Waals surface area contributed by atoms with Crippen molar-refractivity contribution >= 4 is 55.2 Å².